The van der Waals surface area contributed by atoms with Crippen LogP contribution in [0.3, 0.4) is 0 Å². The number of nitrogens with zero attached hydrogens (tertiary/aromatic N) is 2. The monoisotopic (exact) mass is 344 g/mol. The molecule has 0 atom stereocenters. The van der Waals surface area contributed by atoms with E-state index in [-0.39, 0.29) is 0 Å². The maximum Gasteiger partial charge on any atom is 0.00723 e. The summed E-state index contributed by atoms with van der Waals surface area (Å²) in [5.41, 5.74) is 0. The molecule has 2 saturated heterocycles. The Kier molecular flexibility index (Phi) is 11.2. The van der Waals surface area contributed by atoms with E-state index in [9.17, 15) is 0 Å². The lowest BCUT2D eigenvalue weighted by Gasteiger charge is -2.26. The Morgan fingerprint density at radius 1 is 0.500 bits per heavy atom. The van der Waals surface area contributed by atoms with Gasteiger partial charge in [0.05, 0.1) is 0 Å². The number of piperidine rings is 2. The van der Waals surface area contributed by atoms with Crippen molar-refractivity contribution in [3.05, 3.63) is 0 Å². The van der Waals surface area contributed by atoms with Gasteiger partial charge in [0.15, 0.2) is 0 Å². The summed E-state index contributed by atoms with van der Waals surface area (Å²) in [6.45, 7) is 8.08. The van der Waals surface area contributed by atoms with Gasteiger partial charge in [-0.1, -0.05) is 12.8 Å². The van der Waals surface area contributed by atoms with Crippen molar-refractivity contribution < 1.29 is 0 Å². The van der Waals surface area contributed by atoms with E-state index < -0.39 is 0 Å². The number of hydrogen-bond donors (Lipinski definition) is 0. The van der Waals surface area contributed by atoms with Gasteiger partial charge in [0, 0.05) is 24.6 Å². The molecule has 0 N–H and O–H groups in total. The fourth-order valence-electron chi connectivity index (χ4n) is 3.37. The Morgan fingerprint density at radius 2 is 0.909 bits per heavy atom. The quantitative estimate of drug-likeness (QED) is 0.518. The van der Waals surface area contributed by atoms with E-state index in [1.54, 1.807) is 0 Å². The van der Waals surface area contributed by atoms with E-state index >= 15 is 0 Å². The van der Waals surface area contributed by atoms with Gasteiger partial charge in [-0.3, -0.25) is 0 Å². The van der Waals surface area contributed by atoms with Gasteiger partial charge in [0.25, 0.3) is 0 Å². The molecular formula is C18H36N2S2. The molecule has 0 aromatic rings. The summed E-state index contributed by atoms with van der Waals surface area (Å²) in [7, 11) is 0. The first-order valence-electron chi connectivity index (χ1n) is 9.55. The Balaban J connectivity index is 1.28. The average Bonchev–Trinajstić information content (AvgIpc) is 2.58. The second-order valence-electron chi connectivity index (χ2n) is 6.74. The minimum Gasteiger partial charge on any atom is -0.303 e. The first-order valence-corrected chi connectivity index (χ1v) is 11.9. The van der Waals surface area contributed by atoms with Crippen LogP contribution < -0.4 is 0 Å². The summed E-state index contributed by atoms with van der Waals surface area (Å²) in [5.74, 6) is 5.45. The normalized spacial score (nSPS) is 21.3. The third-order valence-electron chi connectivity index (χ3n) is 4.83. The molecule has 0 aliphatic carbocycles. The van der Waals surface area contributed by atoms with Crippen LogP contribution in [-0.4, -0.2) is 72.1 Å². The molecule has 22 heavy (non-hydrogen) atoms. The van der Waals surface area contributed by atoms with Crippen molar-refractivity contribution in [3.63, 3.8) is 0 Å². The van der Waals surface area contributed by atoms with Crippen molar-refractivity contribution >= 4 is 23.5 Å². The molecular weight excluding hydrogens is 308 g/mol. The summed E-state index contributed by atoms with van der Waals surface area (Å²) in [4.78, 5) is 5.32. The van der Waals surface area contributed by atoms with Crippen LogP contribution in [0.15, 0.2) is 0 Å². The minimum absolute atomic E-state index is 1.33. The molecule has 2 fully saturated rings. The van der Waals surface area contributed by atoms with Gasteiger partial charge >= 0.3 is 0 Å². The van der Waals surface area contributed by atoms with Crippen molar-refractivity contribution in [2.24, 2.45) is 0 Å². The van der Waals surface area contributed by atoms with Crippen molar-refractivity contribution in [2.75, 3.05) is 62.3 Å². The van der Waals surface area contributed by atoms with E-state index in [4.69, 9.17) is 0 Å². The first kappa shape index (κ1) is 19.0. The summed E-state index contributed by atoms with van der Waals surface area (Å²) in [6, 6.07) is 0. The van der Waals surface area contributed by atoms with Gasteiger partial charge in [-0.05, 0) is 76.2 Å². The SMILES string of the molecule is C1CCN(CCSCCCCSCCN2CCCCC2)CC1. The fraction of sp³-hybridized carbons (Fsp3) is 1.00. The zero-order chi connectivity index (χ0) is 15.3. The van der Waals surface area contributed by atoms with Crippen LogP contribution >= 0.6 is 23.5 Å². The highest BCUT2D eigenvalue weighted by Gasteiger charge is 2.09. The van der Waals surface area contributed by atoms with Gasteiger partial charge in [-0.2, -0.15) is 23.5 Å². The topological polar surface area (TPSA) is 6.48 Å². The molecule has 0 radical (unpaired) electrons. The zero-order valence-corrected chi connectivity index (χ0v) is 16.1. The Bertz CT molecular complexity index is 225. The highest BCUT2D eigenvalue weighted by molar-refractivity contribution is 7.99. The third-order valence-corrected chi connectivity index (χ3v) is 6.93. The number of unbranched alkanes of at least 4 members (excludes halogenated alkanes) is 1. The molecule has 0 spiro atoms. The molecule has 2 aliphatic rings. The lowest BCUT2D eigenvalue weighted by Crippen LogP contribution is -2.31. The molecule has 0 bridgehead atoms. The van der Waals surface area contributed by atoms with Gasteiger partial charge in [-0.25, -0.2) is 0 Å². The first-order chi connectivity index (χ1) is 10.9. The molecule has 130 valence electrons. The van der Waals surface area contributed by atoms with E-state index in [0.29, 0.717) is 0 Å². The van der Waals surface area contributed by atoms with Crippen LogP contribution in [0, 0.1) is 0 Å². The van der Waals surface area contributed by atoms with Crippen LogP contribution in [0.5, 0.6) is 0 Å². The average molecular weight is 345 g/mol. The minimum atomic E-state index is 1.33. The third kappa shape index (κ3) is 9.05. The molecule has 2 rings (SSSR count). The Hall–Kier alpha value is 0.620. The number of hydrogen-bond acceptors (Lipinski definition) is 4. The largest absolute Gasteiger partial charge is 0.303 e. The summed E-state index contributed by atoms with van der Waals surface area (Å²) < 4.78 is 0. The molecule has 0 aromatic carbocycles. The predicted molar refractivity (Wildman–Crippen MR) is 104 cm³/mol. The second-order valence-corrected chi connectivity index (χ2v) is 9.19. The molecule has 0 aromatic heterocycles. The van der Waals surface area contributed by atoms with Gasteiger partial charge < -0.3 is 9.80 Å². The molecule has 0 amide bonds. The van der Waals surface area contributed by atoms with Gasteiger partial charge in [0.2, 0.25) is 0 Å². The van der Waals surface area contributed by atoms with Crippen LogP contribution in [0.4, 0.5) is 0 Å². The molecule has 0 saturated carbocycles. The summed E-state index contributed by atoms with van der Waals surface area (Å²) in [5, 5.41) is 0. The Labute approximate surface area is 147 Å². The zero-order valence-electron chi connectivity index (χ0n) is 14.4. The second kappa shape index (κ2) is 13.0. The predicted octanol–water partition coefficient (Wildman–Crippen LogP) is 4.20. The number of rotatable bonds is 11. The van der Waals surface area contributed by atoms with E-state index in [0.717, 1.165) is 0 Å². The highest BCUT2D eigenvalue weighted by atomic mass is 32.2. The van der Waals surface area contributed by atoms with Gasteiger partial charge in [0.1, 0.15) is 0 Å². The fourth-order valence-corrected chi connectivity index (χ4v) is 5.37. The van der Waals surface area contributed by atoms with Crippen LogP contribution in [-0.2, 0) is 0 Å². The van der Waals surface area contributed by atoms with Crippen LogP contribution in [0.1, 0.15) is 51.4 Å². The van der Waals surface area contributed by atoms with Crippen molar-refractivity contribution in [1.29, 1.82) is 0 Å². The maximum atomic E-state index is 2.66. The van der Waals surface area contributed by atoms with Crippen LogP contribution in [0.25, 0.3) is 0 Å². The van der Waals surface area contributed by atoms with E-state index in [2.05, 4.69) is 33.3 Å². The molecule has 2 aliphatic heterocycles. The molecule has 4 heteroatoms. The van der Waals surface area contributed by atoms with Crippen molar-refractivity contribution in [2.45, 2.75) is 51.4 Å². The summed E-state index contributed by atoms with van der Waals surface area (Å²) in [6.07, 6.45) is 11.5. The van der Waals surface area contributed by atoms with E-state index in [1.165, 1.54) is 114 Å². The lowest BCUT2D eigenvalue weighted by molar-refractivity contribution is 0.242. The Morgan fingerprint density at radius 3 is 1.32 bits per heavy atom. The summed E-state index contributed by atoms with van der Waals surface area (Å²) >= 11 is 4.35. The van der Waals surface area contributed by atoms with E-state index in [1.807, 2.05) is 0 Å². The maximum absolute atomic E-state index is 2.66. The number of thioether (sulfide) groups is 2. The van der Waals surface area contributed by atoms with Crippen molar-refractivity contribution in [3.8, 4) is 0 Å². The number of likely N-dealkylation sites (tertiary alicyclic amines) is 2. The molecule has 2 heterocycles. The molecule has 0 unspecified atom stereocenters. The smallest absolute Gasteiger partial charge is 0.00723 e. The lowest BCUT2D eigenvalue weighted by atomic mass is 10.1. The standard InChI is InChI=1S/C18H36N2S2/c1-3-9-19(10-4-1)13-17-21-15-7-8-16-22-18-14-20-11-5-2-6-12-20/h1-18H2. The van der Waals surface area contributed by atoms with Crippen molar-refractivity contribution in [1.82, 2.24) is 9.80 Å². The molecule has 2 nitrogen and oxygen atoms in total. The highest BCUT2D eigenvalue weighted by Crippen LogP contribution is 2.13. The van der Waals surface area contributed by atoms with Crippen LogP contribution in [0.2, 0.25) is 0 Å². The van der Waals surface area contributed by atoms with Gasteiger partial charge in [-0.15, -0.1) is 0 Å².